The smallest absolute Gasteiger partial charge is 0.318 e. The van der Waals surface area contributed by atoms with E-state index in [9.17, 15) is 26.4 Å². The Morgan fingerprint density at radius 2 is 1.57 bits per heavy atom. The Kier molecular flexibility index (Phi) is 5.73. The number of hydrogen-bond donors (Lipinski definition) is 2. The molecule has 0 saturated carbocycles. The lowest BCUT2D eigenvalue weighted by atomic mass is 10.2. The molecular weight excluding hydrogens is 419 g/mol. The fourth-order valence-corrected chi connectivity index (χ4v) is 4.21. The van der Waals surface area contributed by atoms with Crippen LogP contribution in [-0.2, 0) is 16.2 Å². The van der Waals surface area contributed by atoms with E-state index in [-0.39, 0.29) is 5.56 Å². The summed E-state index contributed by atoms with van der Waals surface area (Å²) in [5.74, 6) is -0.793. The fraction of sp³-hybridized carbons (Fsp3) is 0.150. The van der Waals surface area contributed by atoms with Crippen LogP contribution < -0.4 is 10.3 Å². The summed E-state index contributed by atoms with van der Waals surface area (Å²) >= 11 is 0. The standard InChI is InChI=1S/C20H18F3N3O3S/c1-13-12-16(14(2)26(13)15-8-4-3-5-9-15)19(27)24-25-30(28,29)18-11-7-6-10-17(18)20(21,22)23/h3-12,25H,1-2H3,(H,24,27). The van der Waals surface area contributed by atoms with E-state index in [0.29, 0.717) is 11.8 Å². The third-order valence-corrected chi connectivity index (χ3v) is 5.78. The van der Waals surface area contributed by atoms with Crippen LogP contribution in [0.15, 0.2) is 65.6 Å². The van der Waals surface area contributed by atoms with Gasteiger partial charge in [0, 0.05) is 17.1 Å². The molecule has 158 valence electrons. The molecule has 3 aromatic rings. The number of halogens is 3. The van der Waals surface area contributed by atoms with Crippen molar-refractivity contribution >= 4 is 15.9 Å². The Morgan fingerprint density at radius 3 is 2.20 bits per heavy atom. The molecule has 0 saturated heterocycles. The first-order chi connectivity index (χ1) is 14.0. The van der Waals surface area contributed by atoms with Gasteiger partial charge in [0.25, 0.3) is 15.9 Å². The molecule has 2 N–H and O–H groups in total. The summed E-state index contributed by atoms with van der Waals surface area (Å²) in [4.78, 5) is 13.3. The summed E-state index contributed by atoms with van der Waals surface area (Å²) in [7, 11) is -4.65. The van der Waals surface area contributed by atoms with Gasteiger partial charge in [0.2, 0.25) is 0 Å². The number of amides is 1. The summed E-state index contributed by atoms with van der Waals surface area (Å²) in [5, 5.41) is 0. The summed E-state index contributed by atoms with van der Waals surface area (Å²) in [6.07, 6.45) is -4.87. The third kappa shape index (κ3) is 4.24. The number of para-hydroxylation sites is 1. The van der Waals surface area contributed by atoms with Gasteiger partial charge in [-0.1, -0.05) is 30.3 Å². The van der Waals surface area contributed by atoms with Crippen molar-refractivity contribution in [2.24, 2.45) is 0 Å². The molecule has 1 aromatic heterocycles. The molecule has 0 bridgehead atoms. The molecule has 30 heavy (non-hydrogen) atoms. The van der Waals surface area contributed by atoms with Crippen LogP contribution in [0.2, 0.25) is 0 Å². The maximum Gasteiger partial charge on any atom is 0.417 e. The number of alkyl halides is 3. The van der Waals surface area contributed by atoms with Crippen molar-refractivity contribution in [1.82, 2.24) is 14.8 Å². The highest BCUT2D eigenvalue weighted by Gasteiger charge is 2.37. The second-order valence-corrected chi connectivity index (χ2v) is 8.16. The number of hydrazine groups is 1. The molecule has 0 atom stereocenters. The number of carbonyl (C=O) groups excluding carboxylic acids is 1. The zero-order valence-corrected chi connectivity index (χ0v) is 16.8. The van der Waals surface area contributed by atoms with Crippen LogP contribution in [0.25, 0.3) is 5.69 Å². The summed E-state index contributed by atoms with van der Waals surface area (Å²) in [6, 6.07) is 14.5. The topological polar surface area (TPSA) is 80.2 Å². The lowest BCUT2D eigenvalue weighted by Crippen LogP contribution is -2.42. The molecule has 0 unspecified atom stereocenters. The number of carbonyl (C=O) groups is 1. The number of benzene rings is 2. The summed E-state index contributed by atoms with van der Waals surface area (Å²) < 4.78 is 65.9. The average Bonchev–Trinajstić information content (AvgIpc) is 3.00. The van der Waals surface area contributed by atoms with E-state index in [1.165, 1.54) is 6.07 Å². The molecule has 1 amide bonds. The predicted octanol–water partition coefficient (Wildman–Crippen LogP) is 3.74. The Balaban J connectivity index is 1.85. The van der Waals surface area contributed by atoms with E-state index in [2.05, 4.69) is 0 Å². The zero-order valence-electron chi connectivity index (χ0n) is 16.0. The van der Waals surface area contributed by atoms with Crippen molar-refractivity contribution in [3.05, 3.63) is 83.2 Å². The van der Waals surface area contributed by atoms with Crippen LogP contribution in [0.3, 0.4) is 0 Å². The number of aryl methyl sites for hydroxylation is 1. The van der Waals surface area contributed by atoms with Crippen LogP contribution in [0.5, 0.6) is 0 Å². The second-order valence-electron chi connectivity index (χ2n) is 6.51. The maximum atomic E-state index is 13.1. The van der Waals surface area contributed by atoms with Crippen molar-refractivity contribution in [3.8, 4) is 5.69 Å². The molecule has 10 heteroatoms. The van der Waals surface area contributed by atoms with Crippen molar-refractivity contribution in [3.63, 3.8) is 0 Å². The van der Waals surface area contributed by atoms with E-state index in [1.807, 2.05) is 40.3 Å². The molecule has 0 spiro atoms. The third-order valence-electron chi connectivity index (χ3n) is 4.47. The fourth-order valence-electron chi connectivity index (χ4n) is 3.14. The van der Waals surface area contributed by atoms with Crippen LogP contribution in [0.1, 0.15) is 27.3 Å². The maximum absolute atomic E-state index is 13.1. The number of hydrogen-bond acceptors (Lipinski definition) is 3. The minimum atomic E-state index is -4.87. The van der Waals surface area contributed by atoms with Crippen molar-refractivity contribution in [2.75, 3.05) is 0 Å². The minimum absolute atomic E-state index is 0.183. The number of sulfonamides is 1. The first-order valence-electron chi connectivity index (χ1n) is 8.75. The van der Waals surface area contributed by atoms with Crippen LogP contribution >= 0.6 is 0 Å². The van der Waals surface area contributed by atoms with E-state index in [0.717, 1.165) is 23.5 Å². The Labute approximate surface area is 171 Å². The second kappa shape index (κ2) is 7.96. The highest BCUT2D eigenvalue weighted by atomic mass is 32.2. The van der Waals surface area contributed by atoms with Gasteiger partial charge in [-0.3, -0.25) is 10.2 Å². The molecule has 0 radical (unpaired) electrons. The van der Waals surface area contributed by atoms with Crippen molar-refractivity contribution in [2.45, 2.75) is 24.9 Å². The monoisotopic (exact) mass is 437 g/mol. The normalized spacial score (nSPS) is 12.0. The highest BCUT2D eigenvalue weighted by Crippen LogP contribution is 2.33. The first-order valence-corrected chi connectivity index (χ1v) is 10.2. The van der Waals surface area contributed by atoms with E-state index < -0.39 is 32.6 Å². The lowest BCUT2D eigenvalue weighted by molar-refractivity contribution is -0.139. The van der Waals surface area contributed by atoms with Crippen molar-refractivity contribution in [1.29, 1.82) is 0 Å². The Bertz CT molecular complexity index is 1190. The SMILES string of the molecule is Cc1cc(C(=O)NNS(=O)(=O)c2ccccc2C(F)(F)F)c(C)n1-c1ccccc1. The molecule has 6 nitrogen and oxygen atoms in total. The largest absolute Gasteiger partial charge is 0.417 e. The van der Waals surface area contributed by atoms with Crippen LogP contribution in [0, 0.1) is 13.8 Å². The molecule has 0 fully saturated rings. The molecule has 2 aromatic carbocycles. The Hall–Kier alpha value is -3.11. The van der Waals surface area contributed by atoms with Crippen LogP contribution in [-0.4, -0.2) is 18.9 Å². The molecule has 1 heterocycles. The molecule has 3 rings (SSSR count). The molecule has 0 aliphatic carbocycles. The number of nitrogens with one attached hydrogen (secondary N) is 2. The van der Waals surface area contributed by atoms with E-state index >= 15 is 0 Å². The number of nitrogens with zero attached hydrogens (tertiary/aromatic N) is 1. The highest BCUT2D eigenvalue weighted by molar-refractivity contribution is 7.89. The summed E-state index contributed by atoms with van der Waals surface area (Å²) in [5.41, 5.74) is 2.94. The first kappa shape index (κ1) is 21.6. The molecule has 0 aliphatic heterocycles. The van der Waals surface area contributed by atoms with Gasteiger partial charge in [-0.05, 0) is 44.2 Å². The summed E-state index contributed by atoms with van der Waals surface area (Å²) in [6.45, 7) is 3.46. The molecular formula is C20H18F3N3O3S. The van der Waals surface area contributed by atoms with Gasteiger partial charge in [0.1, 0.15) is 0 Å². The minimum Gasteiger partial charge on any atom is -0.318 e. The van der Waals surface area contributed by atoms with Crippen LogP contribution in [0.4, 0.5) is 13.2 Å². The van der Waals surface area contributed by atoms with E-state index in [4.69, 9.17) is 0 Å². The van der Waals surface area contributed by atoms with Gasteiger partial charge in [-0.2, -0.15) is 13.2 Å². The van der Waals surface area contributed by atoms with Crippen molar-refractivity contribution < 1.29 is 26.4 Å². The number of rotatable bonds is 5. The van der Waals surface area contributed by atoms with Gasteiger partial charge < -0.3 is 4.57 Å². The molecule has 0 aliphatic rings. The quantitative estimate of drug-likeness (QED) is 0.597. The van der Waals surface area contributed by atoms with Gasteiger partial charge >= 0.3 is 6.18 Å². The zero-order chi connectivity index (χ0) is 22.1. The van der Waals surface area contributed by atoms with Gasteiger partial charge in [-0.25, -0.2) is 8.42 Å². The number of aromatic nitrogens is 1. The average molecular weight is 437 g/mol. The van der Waals surface area contributed by atoms with Gasteiger partial charge in [-0.15, -0.1) is 4.83 Å². The van der Waals surface area contributed by atoms with E-state index in [1.54, 1.807) is 24.7 Å². The Morgan fingerprint density at radius 1 is 0.967 bits per heavy atom. The van der Waals surface area contributed by atoms with Gasteiger partial charge in [0.05, 0.1) is 16.0 Å². The predicted molar refractivity (Wildman–Crippen MR) is 104 cm³/mol. The van der Waals surface area contributed by atoms with Gasteiger partial charge in [0.15, 0.2) is 0 Å². The lowest BCUT2D eigenvalue weighted by Gasteiger charge is -2.14.